The Morgan fingerprint density at radius 1 is 1.53 bits per heavy atom. The fraction of sp³-hybridized carbons (Fsp3) is 0.909. The third-order valence-corrected chi connectivity index (χ3v) is 2.54. The molecule has 15 heavy (non-hydrogen) atoms. The first-order chi connectivity index (χ1) is 6.94. The average molecular weight is 215 g/mol. The summed E-state index contributed by atoms with van der Waals surface area (Å²) in [6, 6.07) is 0.345. The summed E-state index contributed by atoms with van der Waals surface area (Å²) in [5.41, 5.74) is 3.44. The molecule has 1 rings (SSSR count). The molecule has 0 spiro atoms. The van der Waals surface area contributed by atoms with Gasteiger partial charge in [0.2, 0.25) is 0 Å². The lowest BCUT2D eigenvalue weighted by molar-refractivity contribution is -0.369. The topological polar surface area (TPSA) is 57.2 Å². The smallest absolute Gasteiger partial charge is 0.410 e. The first-order valence-corrected chi connectivity index (χ1v) is 5.73. The van der Waals surface area contributed by atoms with E-state index >= 15 is 0 Å². The van der Waals surface area contributed by atoms with Crippen LogP contribution in [0.25, 0.3) is 0 Å². The Kier molecular flexibility index (Phi) is 3.97. The lowest BCUT2D eigenvalue weighted by atomic mass is 10.1. The van der Waals surface area contributed by atoms with Crippen molar-refractivity contribution in [3.63, 3.8) is 0 Å². The summed E-state index contributed by atoms with van der Waals surface area (Å²) in [4.78, 5) is 13.7. The van der Waals surface area contributed by atoms with Gasteiger partial charge in [0.15, 0.2) is 0 Å². The minimum Gasteiger partial charge on any atom is -0.444 e. The van der Waals surface area contributed by atoms with Crippen LogP contribution in [0.15, 0.2) is 0 Å². The van der Waals surface area contributed by atoms with E-state index in [0.717, 1.165) is 32.4 Å². The molecule has 4 heteroatoms. The van der Waals surface area contributed by atoms with Gasteiger partial charge in [-0.3, -0.25) is 0 Å². The van der Waals surface area contributed by atoms with Crippen molar-refractivity contribution in [2.24, 2.45) is 0 Å². The van der Waals surface area contributed by atoms with Crippen LogP contribution in [-0.4, -0.2) is 35.7 Å². The maximum atomic E-state index is 11.8. The first kappa shape index (κ1) is 12.3. The van der Waals surface area contributed by atoms with Gasteiger partial charge < -0.3 is 15.4 Å². The number of likely N-dealkylation sites (tertiary alicyclic amines) is 1. The zero-order chi connectivity index (χ0) is 11.5. The van der Waals surface area contributed by atoms with Gasteiger partial charge in [0.1, 0.15) is 5.60 Å². The molecule has 0 unspecified atom stereocenters. The molecule has 0 saturated carbocycles. The first-order valence-electron chi connectivity index (χ1n) is 5.73. The highest BCUT2D eigenvalue weighted by Gasteiger charge is 2.31. The van der Waals surface area contributed by atoms with Gasteiger partial charge in [0.25, 0.3) is 0 Å². The molecule has 0 aromatic heterocycles. The summed E-state index contributed by atoms with van der Waals surface area (Å²) in [6.45, 7) is 7.41. The SMILES string of the molecule is CC(C)(C)OC(=O)N1CCC[C@H]1CC[NH3+]. The van der Waals surface area contributed by atoms with Crippen molar-refractivity contribution < 1.29 is 15.3 Å². The van der Waals surface area contributed by atoms with E-state index in [1.54, 1.807) is 0 Å². The molecular weight excluding hydrogens is 192 g/mol. The van der Waals surface area contributed by atoms with Crippen molar-refractivity contribution >= 4 is 6.09 Å². The molecule has 0 aromatic rings. The normalized spacial score (nSPS) is 21.9. The minimum absolute atomic E-state index is 0.168. The second-order valence-electron chi connectivity index (χ2n) is 5.11. The largest absolute Gasteiger partial charge is 0.444 e. The summed E-state index contributed by atoms with van der Waals surface area (Å²) in [5.74, 6) is 0. The van der Waals surface area contributed by atoms with E-state index in [1.807, 2.05) is 25.7 Å². The van der Waals surface area contributed by atoms with E-state index in [4.69, 9.17) is 4.74 Å². The zero-order valence-electron chi connectivity index (χ0n) is 10.1. The van der Waals surface area contributed by atoms with Crippen molar-refractivity contribution in [3.05, 3.63) is 0 Å². The van der Waals surface area contributed by atoms with Gasteiger partial charge in [-0.15, -0.1) is 0 Å². The number of carbonyl (C=O) groups excluding carboxylic acids is 1. The molecule has 1 aliphatic rings. The maximum Gasteiger partial charge on any atom is 0.410 e. The van der Waals surface area contributed by atoms with Crippen molar-refractivity contribution in [3.8, 4) is 0 Å². The standard InChI is InChI=1S/C11H22N2O2/c1-11(2,3)15-10(14)13-8-4-5-9(13)6-7-12/h9H,4-8,12H2,1-3H3/p+1/t9-/m0/s1. The predicted molar refractivity (Wildman–Crippen MR) is 58.3 cm³/mol. The number of hydrogen-bond donors (Lipinski definition) is 1. The van der Waals surface area contributed by atoms with Crippen LogP contribution in [-0.2, 0) is 4.74 Å². The van der Waals surface area contributed by atoms with Gasteiger partial charge >= 0.3 is 6.09 Å². The van der Waals surface area contributed by atoms with E-state index in [9.17, 15) is 4.79 Å². The van der Waals surface area contributed by atoms with E-state index in [2.05, 4.69) is 5.73 Å². The summed E-state index contributed by atoms with van der Waals surface area (Å²) in [5, 5.41) is 0. The van der Waals surface area contributed by atoms with Crippen LogP contribution < -0.4 is 5.73 Å². The molecule has 1 aliphatic heterocycles. The third-order valence-electron chi connectivity index (χ3n) is 2.54. The van der Waals surface area contributed by atoms with Crippen molar-refractivity contribution in [2.75, 3.05) is 13.1 Å². The predicted octanol–water partition coefficient (Wildman–Crippen LogP) is 1.02. The van der Waals surface area contributed by atoms with E-state index in [1.165, 1.54) is 0 Å². The average Bonchev–Trinajstić information content (AvgIpc) is 2.49. The molecule has 1 heterocycles. The molecule has 0 radical (unpaired) electrons. The minimum atomic E-state index is -0.394. The maximum absolute atomic E-state index is 11.8. The van der Waals surface area contributed by atoms with Crippen molar-refractivity contribution in [1.82, 2.24) is 4.90 Å². The van der Waals surface area contributed by atoms with Gasteiger partial charge in [0, 0.05) is 19.0 Å². The molecular formula is C11H23N2O2+. The van der Waals surface area contributed by atoms with Crippen molar-refractivity contribution in [2.45, 2.75) is 51.7 Å². The van der Waals surface area contributed by atoms with Crippen LogP contribution in [0.2, 0.25) is 0 Å². The quantitative estimate of drug-likeness (QED) is 0.747. The fourth-order valence-corrected chi connectivity index (χ4v) is 1.93. The number of rotatable bonds is 2. The van der Waals surface area contributed by atoms with Crippen LogP contribution in [0, 0.1) is 0 Å². The second-order valence-corrected chi connectivity index (χ2v) is 5.11. The molecule has 1 saturated heterocycles. The lowest BCUT2D eigenvalue weighted by Crippen LogP contribution is -2.53. The van der Waals surface area contributed by atoms with Gasteiger partial charge in [-0.05, 0) is 33.6 Å². The monoisotopic (exact) mass is 215 g/mol. The highest BCUT2D eigenvalue weighted by atomic mass is 16.6. The van der Waals surface area contributed by atoms with E-state index in [0.29, 0.717) is 6.04 Å². The molecule has 1 amide bonds. The Labute approximate surface area is 91.8 Å². The third kappa shape index (κ3) is 3.70. The van der Waals surface area contributed by atoms with E-state index in [-0.39, 0.29) is 6.09 Å². The van der Waals surface area contributed by atoms with Crippen LogP contribution in [0.1, 0.15) is 40.0 Å². The number of ether oxygens (including phenoxy) is 1. The molecule has 0 aromatic carbocycles. The number of hydrogen-bond acceptors (Lipinski definition) is 2. The summed E-state index contributed by atoms with van der Waals surface area (Å²) in [6.07, 6.45) is 3.00. The number of nitrogens with zero attached hydrogens (tertiary/aromatic N) is 1. The zero-order valence-corrected chi connectivity index (χ0v) is 10.1. The Morgan fingerprint density at radius 3 is 2.73 bits per heavy atom. The molecule has 1 atom stereocenters. The van der Waals surface area contributed by atoms with Crippen LogP contribution >= 0.6 is 0 Å². The Bertz CT molecular complexity index is 223. The van der Waals surface area contributed by atoms with Crippen LogP contribution in [0.3, 0.4) is 0 Å². The Morgan fingerprint density at radius 2 is 2.20 bits per heavy atom. The molecule has 1 fully saturated rings. The van der Waals surface area contributed by atoms with Gasteiger partial charge in [-0.1, -0.05) is 0 Å². The Hall–Kier alpha value is -0.770. The highest BCUT2D eigenvalue weighted by molar-refractivity contribution is 5.68. The Balaban J connectivity index is 2.51. The highest BCUT2D eigenvalue weighted by Crippen LogP contribution is 2.22. The van der Waals surface area contributed by atoms with Crippen LogP contribution in [0.5, 0.6) is 0 Å². The molecule has 3 N–H and O–H groups in total. The lowest BCUT2D eigenvalue weighted by Gasteiger charge is -2.28. The van der Waals surface area contributed by atoms with E-state index < -0.39 is 5.60 Å². The second kappa shape index (κ2) is 4.84. The van der Waals surface area contributed by atoms with Crippen LogP contribution in [0.4, 0.5) is 4.79 Å². The summed E-state index contributed by atoms with van der Waals surface area (Å²) >= 11 is 0. The molecule has 4 nitrogen and oxygen atoms in total. The van der Waals surface area contributed by atoms with Crippen molar-refractivity contribution in [1.29, 1.82) is 0 Å². The number of carbonyl (C=O) groups is 1. The molecule has 88 valence electrons. The van der Waals surface area contributed by atoms with Gasteiger partial charge in [0.05, 0.1) is 6.54 Å². The molecule has 0 aliphatic carbocycles. The van der Waals surface area contributed by atoms with Gasteiger partial charge in [-0.2, -0.15) is 0 Å². The van der Waals surface area contributed by atoms with Gasteiger partial charge in [-0.25, -0.2) is 4.79 Å². The summed E-state index contributed by atoms with van der Waals surface area (Å²) in [7, 11) is 0. The summed E-state index contributed by atoms with van der Waals surface area (Å²) < 4.78 is 5.36. The fourth-order valence-electron chi connectivity index (χ4n) is 1.93. The number of quaternary nitrogens is 1. The number of amides is 1. The molecule has 0 bridgehead atoms.